The standard InChI is InChI=1S/C39H32N4OSi.Pt/c1-27-12-5-6-15-32(27)28-22-23-40-39(24-28)42-35-17-8-7-16-33(35)34-21-20-31(26-38(34)42)45(3,4)30-14-11-13-29(25-30)43-37-19-10-9-18-36(37)41(2)44-43;/h5-24H,1-4H3;/q-2;/p+1/i2D3;. The molecule has 7 aromatic rings. The molecule has 0 spiro atoms. The van der Waals surface area contributed by atoms with Crippen molar-refractivity contribution >= 4 is 57.3 Å². The SMILES string of the molecule is [2H]C([2H])([2H])N1[OH+]N(c2[c-]c([Si](C)(C)c3[c-]c4c(cc3)c3ccccc3n4-c3cc(-c4ccccc4C)ccn3)ccc2)c2ccccc21.[Pt]. The summed E-state index contributed by atoms with van der Waals surface area (Å²) in [5.41, 5.74) is 7.53. The summed E-state index contributed by atoms with van der Waals surface area (Å²) in [4.78, 5) is 9.38. The van der Waals surface area contributed by atoms with Gasteiger partial charge in [-0.25, -0.2) is 4.98 Å². The Hall–Kier alpha value is -4.48. The molecule has 1 aliphatic heterocycles. The second-order valence-electron chi connectivity index (χ2n) is 12.0. The van der Waals surface area contributed by atoms with Crippen molar-refractivity contribution in [2.75, 3.05) is 17.1 Å². The summed E-state index contributed by atoms with van der Waals surface area (Å²) in [6.45, 7) is 4.32. The number of anilines is 3. The molecule has 0 unspecified atom stereocenters. The van der Waals surface area contributed by atoms with Crippen LogP contribution in [0.4, 0.5) is 17.1 Å². The molecule has 0 saturated heterocycles. The van der Waals surface area contributed by atoms with Gasteiger partial charge in [0.25, 0.3) is 0 Å². The molecule has 8 rings (SSSR count). The number of hydrogen-bond acceptors (Lipinski definition) is 3. The second-order valence-corrected chi connectivity index (χ2v) is 16.3. The summed E-state index contributed by atoms with van der Waals surface area (Å²) >= 11 is 0. The van der Waals surface area contributed by atoms with E-state index in [1.807, 2.05) is 36.5 Å². The normalized spacial score (nSPS) is 14.1. The van der Waals surface area contributed by atoms with Crippen LogP contribution in [0.2, 0.25) is 13.1 Å². The average Bonchev–Trinajstić information content (AvgIpc) is 3.65. The second kappa shape index (κ2) is 11.7. The quantitative estimate of drug-likeness (QED) is 0.101. The van der Waals surface area contributed by atoms with Crippen LogP contribution >= 0.6 is 0 Å². The molecule has 3 heterocycles. The van der Waals surface area contributed by atoms with Crippen molar-refractivity contribution in [1.82, 2.24) is 9.55 Å². The molecule has 1 aliphatic rings. The topological polar surface area (TPSA) is 37.1 Å². The zero-order valence-electron chi connectivity index (χ0n) is 28.6. The molecule has 0 amide bonds. The predicted octanol–water partition coefficient (Wildman–Crippen LogP) is 8.00. The van der Waals surface area contributed by atoms with Crippen LogP contribution in [0.25, 0.3) is 38.8 Å². The maximum Gasteiger partial charge on any atom is 0.145 e. The number of para-hydroxylation sites is 3. The number of pyridine rings is 1. The van der Waals surface area contributed by atoms with E-state index < -0.39 is 15.0 Å². The number of aromatic nitrogens is 2. The first-order valence-corrected chi connectivity index (χ1v) is 18.0. The van der Waals surface area contributed by atoms with E-state index in [0.29, 0.717) is 17.1 Å². The van der Waals surface area contributed by atoms with Crippen molar-refractivity contribution in [2.45, 2.75) is 20.0 Å². The Morgan fingerprint density at radius 3 is 2.37 bits per heavy atom. The predicted molar refractivity (Wildman–Crippen MR) is 188 cm³/mol. The van der Waals surface area contributed by atoms with E-state index in [1.54, 1.807) is 11.1 Å². The zero-order chi connectivity index (χ0) is 33.2. The number of aryl methyl sites for hydroxylation is 1. The summed E-state index contributed by atoms with van der Waals surface area (Å²) in [6, 6.07) is 46.4. The van der Waals surface area contributed by atoms with Gasteiger partial charge in [-0.2, -0.15) is 51.7 Å². The van der Waals surface area contributed by atoms with Gasteiger partial charge in [0, 0.05) is 38.5 Å². The largest absolute Gasteiger partial charge is 0.319 e. The van der Waals surface area contributed by atoms with Crippen LogP contribution in [0.5, 0.6) is 0 Å². The molecule has 230 valence electrons. The first-order valence-electron chi connectivity index (χ1n) is 16.5. The molecule has 0 radical (unpaired) electrons. The van der Waals surface area contributed by atoms with Crippen molar-refractivity contribution in [3.8, 4) is 16.9 Å². The first-order chi connectivity index (χ1) is 23.1. The van der Waals surface area contributed by atoms with Crippen LogP contribution < -0.4 is 20.5 Å². The fraction of sp³-hybridized carbons (Fsp3) is 0.103. The Balaban J connectivity index is 0.00000378. The maximum absolute atomic E-state index is 8.04. The van der Waals surface area contributed by atoms with Gasteiger partial charge >= 0.3 is 0 Å². The summed E-state index contributed by atoms with van der Waals surface area (Å²) in [5, 5.41) is 7.25. The van der Waals surface area contributed by atoms with Crippen LogP contribution in [0.15, 0.2) is 121 Å². The zero-order valence-corrected chi connectivity index (χ0v) is 28.9. The molecule has 0 saturated carbocycles. The van der Waals surface area contributed by atoms with Gasteiger partial charge in [0.1, 0.15) is 17.2 Å². The number of hydroxylamine groups is 1. The van der Waals surface area contributed by atoms with Crippen molar-refractivity contribution in [3.05, 3.63) is 139 Å². The van der Waals surface area contributed by atoms with Gasteiger partial charge in [-0.1, -0.05) is 73.2 Å². The summed E-state index contributed by atoms with van der Waals surface area (Å²) in [6.07, 6.45) is 1.88. The number of fused-ring (bicyclic) bond motifs is 4. The van der Waals surface area contributed by atoms with Crippen molar-refractivity contribution in [3.63, 3.8) is 0 Å². The minimum Gasteiger partial charge on any atom is -0.319 e. The van der Waals surface area contributed by atoms with Crippen molar-refractivity contribution in [1.29, 1.82) is 0 Å². The van der Waals surface area contributed by atoms with E-state index >= 15 is 0 Å². The third-order valence-electron chi connectivity index (χ3n) is 8.89. The molecule has 5 nitrogen and oxygen atoms in total. The van der Waals surface area contributed by atoms with Crippen LogP contribution in [0.3, 0.4) is 0 Å². The van der Waals surface area contributed by atoms with E-state index in [-0.39, 0.29) is 21.1 Å². The molecule has 0 fully saturated rings. The molecular formula is C39H33N4OPtSi-. The molecule has 2 aromatic heterocycles. The van der Waals surface area contributed by atoms with Crippen LogP contribution in [-0.4, -0.2) is 29.5 Å². The molecular weight excluding hydrogens is 764 g/mol. The van der Waals surface area contributed by atoms with Gasteiger partial charge in [-0.05, 0) is 59.3 Å². The third-order valence-corrected chi connectivity index (χ3v) is 12.2. The molecule has 5 aromatic carbocycles. The number of benzene rings is 5. The van der Waals surface area contributed by atoms with Gasteiger partial charge in [0.15, 0.2) is 0 Å². The molecule has 7 heteroatoms. The van der Waals surface area contributed by atoms with Crippen LogP contribution in [0, 0.1) is 19.1 Å². The maximum atomic E-state index is 8.04. The van der Waals surface area contributed by atoms with Crippen LogP contribution in [0.1, 0.15) is 9.68 Å². The Kier molecular flexibility index (Phi) is 6.80. The third kappa shape index (κ3) is 4.89. The van der Waals surface area contributed by atoms with Gasteiger partial charge in [0.2, 0.25) is 0 Å². The van der Waals surface area contributed by atoms with Crippen molar-refractivity contribution < 1.29 is 30.1 Å². The summed E-state index contributed by atoms with van der Waals surface area (Å²) in [5.74, 6) is 0.844. The monoisotopic (exact) mass is 799 g/mol. The van der Waals surface area contributed by atoms with Gasteiger partial charge in [0.05, 0.1) is 19.2 Å². The minimum absolute atomic E-state index is 0. The number of rotatable bonds is 5. The first kappa shape index (κ1) is 26.7. The Labute approximate surface area is 289 Å². The fourth-order valence-corrected chi connectivity index (χ4v) is 8.55. The Morgan fingerprint density at radius 1 is 0.761 bits per heavy atom. The number of nitrogens with zero attached hydrogens (tertiary/aromatic N) is 4. The van der Waals surface area contributed by atoms with E-state index in [4.69, 9.17) is 9.10 Å². The van der Waals surface area contributed by atoms with Crippen LogP contribution in [-0.2, 0) is 21.1 Å². The average molecular weight is 800 g/mol. The van der Waals surface area contributed by atoms with E-state index in [2.05, 4.69) is 121 Å². The smallest absolute Gasteiger partial charge is 0.145 e. The van der Waals surface area contributed by atoms with Gasteiger partial charge in [-0.3, -0.25) is 0 Å². The van der Waals surface area contributed by atoms with Gasteiger partial charge in [-0.15, -0.1) is 21.6 Å². The van der Waals surface area contributed by atoms with Crippen molar-refractivity contribution in [2.24, 2.45) is 0 Å². The Morgan fingerprint density at radius 2 is 1.52 bits per heavy atom. The minimum atomic E-state index is -2.41. The summed E-state index contributed by atoms with van der Waals surface area (Å²) < 4.78 is 26.4. The molecule has 0 aliphatic carbocycles. The molecule has 0 atom stereocenters. The van der Waals surface area contributed by atoms with E-state index in [0.717, 1.165) is 48.6 Å². The molecule has 46 heavy (non-hydrogen) atoms. The Bertz CT molecular complexity index is 2360. The molecule has 1 N–H and O–H groups in total. The van der Waals surface area contributed by atoms with E-state index in [9.17, 15) is 0 Å². The number of hydrogen-bond donors (Lipinski definition) is 0. The summed E-state index contributed by atoms with van der Waals surface area (Å²) in [7, 11) is -2.38. The van der Waals surface area contributed by atoms with E-state index in [1.165, 1.54) is 11.1 Å². The molecule has 0 bridgehead atoms. The van der Waals surface area contributed by atoms with Gasteiger partial charge < -0.3 is 4.57 Å². The fourth-order valence-electron chi connectivity index (χ4n) is 6.38.